The van der Waals surface area contributed by atoms with Crippen LogP contribution in [0.25, 0.3) is 0 Å². The van der Waals surface area contributed by atoms with Gasteiger partial charge in [0.15, 0.2) is 5.96 Å². The van der Waals surface area contributed by atoms with E-state index in [9.17, 15) is 0 Å². The zero-order valence-corrected chi connectivity index (χ0v) is 17.8. The fourth-order valence-electron chi connectivity index (χ4n) is 2.33. The van der Waals surface area contributed by atoms with Crippen LogP contribution >= 0.6 is 35.3 Å². The van der Waals surface area contributed by atoms with Crippen molar-refractivity contribution in [1.29, 1.82) is 0 Å². The highest BCUT2D eigenvalue weighted by Gasteiger charge is 2.03. The Bertz CT molecular complexity index is 639. The van der Waals surface area contributed by atoms with Gasteiger partial charge in [0.2, 0.25) is 0 Å². The molecule has 0 radical (unpaired) electrons. The Labute approximate surface area is 166 Å². The Morgan fingerprint density at radius 1 is 1.08 bits per heavy atom. The summed E-state index contributed by atoms with van der Waals surface area (Å²) in [4.78, 5) is 9.28. The molecule has 0 bridgehead atoms. The van der Waals surface area contributed by atoms with Crippen molar-refractivity contribution in [2.45, 2.75) is 46.7 Å². The van der Waals surface area contributed by atoms with Crippen LogP contribution in [0.4, 0.5) is 0 Å². The lowest BCUT2D eigenvalue weighted by atomic mass is 10.1. The molecule has 1 aromatic carbocycles. The predicted octanol–water partition coefficient (Wildman–Crippen LogP) is 4.14. The molecule has 0 aliphatic rings. The largest absolute Gasteiger partial charge is 0.357 e. The van der Waals surface area contributed by atoms with E-state index in [4.69, 9.17) is 4.99 Å². The van der Waals surface area contributed by atoms with Crippen molar-refractivity contribution >= 4 is 41.3 Å². The minimum absolute atomic E-state index is 0. The molecule has 2 N–H and O–H groups in total. The molecule has 0 atom stereocenters. The second kappa shape index (κ2) is 11.4. The van der Waals surface area contributed by atoms with Crippen molar-refractivity contribution in [3.05, 3.63) is 51.5 Å². The van der Waals surface area contributed by atoms with Gasteiger partial charge in [-0.25, -0.2) is 9.98 Å². The van der Waals surface area contributed by atoms with Gasteiger partial charge in [-0.05, 0) is 30.9 Å². The number of benzene rings is 1. The Hall–Kier alpha value is -1.15. The number of aromatic nitrogens is 1. The minimum Gasteiger partial charge on any atom is -0.357 e. The van der Waals surface area contributed by atoms with E-state index in [1.54, 1.807) is 11.3 Å². The first kappa shape index (κ1) is 20.9. The number of nitrogens with one attached hydrogen (secondary N) is 2. The number of aliphatic imine (C=N–C) groups is 1. The normalized spacial score (nSPS) is 11.0. The molecule has 0 spiro atoms. The highest BCUT2D eigenvalue weighted by molar-refractivity contribution is 14.0. The molecular weight excluding hydrogens is 431 g/mol. The molecule has 0 aliphatic carbocycles. The number of aryl methyl sites for hydroxylation is 2. The van der Waals surface area contributed by atoms with Crippen molar-refractivity contribution in [3.63, 3.8) is 0 Å². The molecule has 24 heavy (non-hydrogen) atoms. The average molecular weight is 458 g/mol. The van der Waals surface area contributed by atoms with Gasteiger partial charge in [0, 0.05) is 11.9 Å². The summed E-state index contributed by atoms with van der Waals surface area (Å²) in [6.45, 7) is 8.63. The van der Waals surface area contributed by atoms with E-state index in [1.165, 1.54) is 16.1 Å². The van der Waals surface area contributed by atoms with Crippen LogP contribution in [0.5, 0.6) is 0 Å². The molecule has 6 heteroatoms. The zero-order valence-electron chi connectivity index (χ0n) is 14.6. The van der Waals surface area contributed by atoms with Crippen LogP contribution in [0.3, 0.4) is 0 Å². The van der Waals surface area contributed by atoms with Crippen LogP contribution in [0.15, 0.2) is 34.6 Å². The molecule has 0 fully saturated rings. The summed E-state index contributed by atoms with van der Waals surface area (Å²) < 4.78 is 0. The standard InChI is InChI=1S/C18H26N4S.HI/c1-4-14-9-7-8-10-15(14)11-20-18(19-6-3)21-12-16-13-23-17(5-2)22-16;/h7-10,13H,4-6,11-12H2,1-3H3,(H2,19,20,21);1H. The number of nitrogens with zero attached hydrogens (tertiary/aromatic N) is 2. The summed E-state index contributed by atoms with van der Waals surface area (Å²) in [5.74, 6) is 0.837. The third-order valence-corrected chi connectivity index (χ3v) is 4.63. The summed E-state index contributed by atoms with van der Waals surface area (Å²) >= 11 is 1.72. The average Bonchev–Trinajstić information content (AvgIpc) is 3.05. The Morgan fingerprint density at radius 3 is 2.46 bits per heavy atom. The Kier molecular flexibility index (Phi) is 9.94. The Balaban J connectivity index is 0.00000288. The zero-order chi connectivity index (χ0) is 16.5. The van der Waals surface area contributed by atoms with E-state index in [1.807, 2.05) is 0 Å². The molecule has 0 unspecified atom stereocenters. The molecule has 2 rings (SSSR count). The smallest absolute Gasteiger partial charge is 0.191 e. The van der Waals surface area contributed by atoms with Gasteiger partial charge in [-0.1, -0.05) is 38.1 Å². The summed E-state index contributed by atoms with van der Waals surface area (Å²) in [6.07, 6.45) is 2.03. The number of thiazole rings is 1. The van der Waals surface area contributed by atoms with Gasteiger partial charge in [0.1, 0.15) is 0 Å². The molecule has 0 aliphatic heterocycles. The molecule has 2 aromatic rings. The lowest BCUT2D eigenvalue weighted by molar-refractivity contribution is 0.799. The third-order valence-electron chi connectivity index (χ3n) is 3.59. The van der Waals surface area contributed by atoms with Gasteiger partial charge in [-0.2, -0.15) is 0 Å². The lowest BCUT2D eigenvalue weighted by Gasteiger charge is -2.11. The van der Waals surface area contributed by atoms with Gasteiger partial charge < -0.3 is 10.6 Å². The number of hydrogen-bond acceptors (Lipinski definition) is 3. The SMILES string of the molecule is CCNC(=NCc1ccccc1CC)NCc1csc(CC)n1.I. The summed E-state index contributed by atoms with van der Waals surface area (Å²) in [7, 11) is 0. The summed E-state index contributed by atoms with van der Waals surface area (Å²) in [5, 5.41) is 9.96. The first-order chi connectivity index (χ1) is 11.3. The quantitative estimate of drug-likeness (QED) is 0.373. The first-order valence-electron chi connectivity index (χ1n) is 8.29. The highest BCUT2D eigenvalue weighted by atomic mass is 127. The molecule has 0 amide bonds. The second-order valence-electron chi connectivity index (χ2n) is 5.26. The van der Waals surface area contributed by atoms with Gasteiger partial charge >= 0.3 is 0 Å². The van der Waals surface area contributed by atoms with Crippen LogP contribution in [-0.2, 0) is 25.9 Å². The fourth-order valence-corrected chi connectivity index (χ4v) is 3.07. The topological polar surface area (TPSA) is 49.3 Å². The van der Waals surface area contributed by atoms with E-state index < -0.39 is 0 Å². The van der Waals surface area contributed by atoms with Crippen LogP contribution < -0.4 is 10.6 Å². The van der Waals surface area contributed by atoms with Crippen molar-refractivity contribution in [2.75, 3.05) is 6.54 Å². The van der Waals surface area contributed by atoms with Crippen LogP contribution in [0, 0.1) is 0 Å². The molecule has 1 aromatic heterocycles. The summed E-state index contributed by atoms with van der Waals surface area (Å²) in [6, 6.07) is 8.49. The maximum absolute atomic E-state index is 4.70. The van der Waals surface area contributed by atoms with E-state index in [-0.39, 0.29) is 24.0 Å². The molecule has 4 nitrogen and oxygen atoms in total. The predicted molar refractivity (Wildman–Crippen MR) is 114 cm³/mol. The minimum atomic E-state index is 0. The Morgan fingerprint density at radius 2 is 1.83 bits per heavy atom. The maximum Gasteiger partial charge on any atom is 0.191 e. The van der Waals surface area contributed by atoms with Crippen molar-refractivity contribution in [1.82, 2.24) is 15.6 Å². The van der Waals surface area contributed by atoms with Crippen LogP contribution in [-0.4, -0.2) is 17.5 Å². The van der Waals surface area contributed by atoms with E-state index in [2.05, 4.69) is 66.0 Å². The molecule has 1 heterocycles. The van der Waals surface area contributed by atoms with Crippen molar-refractivity contribution < 1.29 is 0 Å². The van der Waals surface area contributed by atoms with Gasteiger partial charge in [-0.15, -0.1) is 35.3 Å². The van der Waals surface area contributed by atoms with Crippen molar-refractivity contribution in [3.8, 4) is 0 Å². The van der Waals surface area contributed by atoms with Crippen LogP contribution in [0.1, 0.15) is 42.6 Å². The third kappa shape index (κ3) is 6.39. The highest BCUT2D eigenvalue weighted by Crippen LogP contribution is 2.11. The maximum atomic E-state index is 4.70. The molecule has 0 saturated heterocycles. The molecule has 0 saturated carbocycles. The fraction of sp³-hybridized carbons (Fsp3) is 0.444. The first-order valence-corrected chi connectivity index (χ1v) is 9.17. The van der Waals surface area contributed by atoms with E-state index in [0.29, 0.717) is 13.1 Å². The monoisotopic (exact) mass is 458 g/mol. The van der Waals surface area contributed by atoms with Crippen LogP contribution in [0.2, 0.25) is 0 Å². The van der Waals surface area contributed by atoms with Gasteiger partial charge in [0.25, 0.3) is 0 Å². The number of hydrogen-bond donors (Lipinski definition) is 2. The van der Waals surface area contributed by atoms with E-state index >= 15 is 0 Å². The van der Waals surface area contributed by atoms with Gasteiger partial charge in [-0.3, -0.25) is 0 Å². The molecular formula is C18H27IN4S. The molecule has 132 valence electrons. The van der Waals surface area contributed by atoms with Gasteiger partial charge in [0.05, 0.1) is 23.8 Å². The number of rotatable bonds is 7. The van der Waals surface area contributed by atoms with E-state index in [0.717, 1.165) is 31.0 Å². The summed E-state index contributed by atoms with van der Waals surface area (Å²) in [5.41, 5.74) is 3.72. The lowest BCUT2D eigenvalue weighted by Crippen LogP contribution is -2.36. The second-order valence-corrected chi connectivity index (χ2v) is 6.20. The van der Waals surface area contributed by atoms with Crippen molar-refractivity contribution in [2.24, 2.45) is 4.99 Å². The number of guanidine groups is 1. The number of halogens is 1.